The van der Waals surface area contributed by atoms with Crippen LogP contribution < -0.4 is 5.73 Å². The summed E-state index contributed by atoms with van der Waals surface area (Å²) >= 11 is 9.70. The minimum absolute atomic E-state index is 0.544. The molecule has 0 atom stereocenters. The van der Waals surface area contributed by atoms with Crippen molar-refractivity contribution in [2.24, 2.45) is 0 Å². The number of anilines is 1. The van der Waals surface area contributed by atoms with E-state index in [2.05, 4.69) is 12.6 Å². The zero-order valence-corrected chi connectivity index (χ0v) is 6.28. The highest BCUT2D eigenvalue weighted by Crippen LogP contribution is 2.24. The Labute approximate surface area is 64.2 Å². The average molecular weight is 160 g/mol. The van der Waals surface area contributed by atoms with Crippen molar-refractivity contribution in [1.82, 2.24) is 0 Å². The molecule has 0 aliphatic rings. The topological polar surface area (TPSA) is 26.0 Å². The molecule has 2 N–H and O–H groups in total. The molecule has 0 saturated carbocycles. The lowest BCUT2D eigenvalue weighted by molar-refractivity contribution is 1.48. The van der Waals surface area contributed by atoms with Gasteiger partial charge in [0.05, 0.1) is 10.7 Å². The van der Waals surface area contributed by atoms with Gasteiger partial charge >= 0.3 is 0 Å². The summed E-state index contributed by atoms with van der Waals surface area (Å²) in [6.07, 6.45) is 0. The Bertz CT molecular complexity index is 204. The second-order valence-corrected chi connectivity index (χ2v) is 2.56. The van der Waals surface area contributed by atoms with Gasteiger partial charge in [0.1, 0.15) is 0 Å². The van der Waals surface area contributed by atoms with E-state index in [1.54, 1.807) is 18.2 Å². The molecule has 0 unspecified atom stereocenters. The summed E-state index contributed by atoms with van der Waals surface area (Å²) in [5.74, 6) is 0. The van der Waals surface area contributed by atoms with Crippen LogP contribution in [-0.4, -0.2) is 0 Å². The lowest BCUT2D eigenvalue weighted by Gasteiger charge is -1.98. The number of hydrogen-bond donors (Lipinski definition) is 2. The predicted molar refractivity (Wildman–Crippen MR) is 43.1 cm³/mol. The number of para-hydroxylation sites is 1. The molecule has 0 aromatic heterocycles. The van der Waals surface area contributed by atoms with E-state index in [0.29, 0.717) is 10.7 Å². The maximum Gasteiger partial charge on any atom is 0.0646 e. The lowest BCUT2D eigenvalue weighted by Crippen LogP contribution is -1.86. The van der Waals surface area contributed by atoms with Gasteiger partial charge in [-0.1, -0.05) is 17.7 Å². The highest BCUT2D eigenvalue weighted by molar-refractivity contribution is 7.80. The lowest BCUT2D eigenvalue weighted by atomic mass is 10.3. The summed E-state index contributed by atoms with van der Waals surface area (Å²) in [4.78, 5) is 0.725. The van der Waals surface area contributed by atoms with Gasteiger partial charge in [-0.25, -0.2) is 0 Å². The van der Waals surface area contributed by atoms with Gasteiger partial charge in [-0.3, -0.25) is 0 Å². The van der Waals surface area contributed by atoms with Crippen LogP contribution in [0.15, 0.2) is 23.1 Å². The molecule has 1 nitrogen and oxygen atoms in total. The van der Waals surface area contributed by atoms with Crippen LogP contribution in [0.25, 0.3) is 0 Å². The molecule has 0 spiro atoms. The van der Waals surface area contributed by atoms with Gasteiger partial charge in [0.25, 0.3) is 0 Å². The summed E-state index contributed by atoms with van der Waals surface area (Å²) in [7, 11) is 0. The molecule has 1 rings (SSSR count). The maximum absolute atomic E-state index is 5.64. The Morgan fingerprint density at radius 3 is 2.56 bits per heavy atom. The largest absolute Gasteiger partial charge is 0.397 e. The number of hydrogen-bond acceptors (Lipinski definition) is 2. The molecule has 1 aromatic carbocycles. The second-order valence-electron chi connectivity index (χ2n) is 1.67. The van der Waals surface area contributed by atoms with Gasteiger partial charge in [-0.15, -0.1) is 12.6 Å². The summed E-state index contributed by atoms with van der Waals surface area (Å²) in [5, 5.41) is 0.558. The van der Waals surface area contributed by atoms with Gasteiger partial charge in [-0.05, 0) is 12.1 Å². The smallest absolute Gasteiger partial charge is 0.0646 e. The molecule has 0 heterocycles. The average Bonchev–Trinajstić information content (AvgIpc) is 1.83. The Morgan fingerprint density at radius 2 is 2.11 bits per heavy atom. The van der Waals surface area contributed by atoms with Gasteiger partial charge in [0.15, 0.2) is 0 Å². The van der Waals surface area contributed by atoms with Crippen molar-refractivity contribution in [3.63, 3.8) is 0 Å². The van der Waals surface area contributed by atoms with Crippen molar-refractivity contribution in [2.45, 2.75) is 4.90 Å². The van der Waals surface area contributed by atoms with Crippen molar-refractivity contribution < 1.29 is 0 Å². The van der Waals surface area contributed by atoms with Gasteiger partial charge in [-0.2, -0.15) is 0 Å². The SMILES string of the molecule is Nc1c(S)cccc1Cl. The van der Waals surface area contributed by atoms with Gasteiger partial charge < -0.3 is 5.73 Å². The quantitative estimate of drug-likeness (QED) is 0.441. The van der Waals surface area contributed by atoms with Crippen molar-refractivity contribution in [3.8, 4) is 0 Å². The van der Waals surface area contributed by atoms with Crippen LogP contribution in [0.4, 0.5) is 5.69 Å². The van der Waals surface area contributed by atoms with Crippen molar-refractivity contribution in [3.05, 3.63) is 23.2 Å². The zero-order valence-electron chi connectivity index (χ0n) is 4.63. The van der Waals surface area contributed by atoms with Crippen LogP contribution in [0.5, 0.6) is 0 Å². The fourth-order valence-electron chi connectivity index (χ4n) is 0.526. The molecule has 0 fully saturated rings. The molecular formula is C6H6ClNS. The van der Waals surface area contributed by atoms with Crippen LogP contribution in [0.2, 0.25) is 5.02 Å². The Kier molecular flexibility index (Phi) is 1.88. The fraction of sp³-hybridized carbons (Fsp3) is 0. The summed E-state index contributed by atoms with van der Waals surface area (Å²) in [6, 6.07) is 5.34. The van der Waals surface area contributed by atoms with E-state index in [0.717, 1.165) is 4.90 Å². The van der Waals surface area contributed by atoms with Crippen LogP contribution in [-0.2, 0) is 0 Å². The van der Waals surface area contributed by atoms with E-state index < -0.39 is 0 Å². The third-order valence-corrected chi connectivity index (χ3v) is 1.75. The van der Waals surface area contributed by atoms with Crippen molar-refractivity contribution in [2.75, 3.05) is 5.73 Å². The second kappa shape index (κ2) is 2.50. The molecule has 9 heavy (non-hydrogen) atoms. The Hall–Kier alpha value is -0.340. The molecule has 1 aromatic rings. The molecule has 0 radical (unpaired) electrons. The maximum atomic E-state index is 5.64. The molecule has 0 bridgehead atoms. The number of nitrogen functional groups attached to an aromatic ring is 1. The van der Waals surface area contributed by atoms with E-state index >= 15 is 0 Å². The first-order valence-corrected chi connectivity index (χ1v) is 3.27. The standard InChI is InChI=1S/C6H6ClNS/c7-4-2-1-3-5(9)6(4)8/h1-3,9H,8H2. The van der Waals surface area contributed by atoms with E-state index in [1.165, 1.54) is 0 Å². The number of thiol groups is 1. The monoisotopic (exact) mass is 159 g/mol. The highest BCUT2D eigenvalue weighted by Gasteiger charge is 1.95. The Morgan fingerprint density at radius 1 is 1.44 bits per heavy atom. The number of halogens is 1. The van der Waals surface area contributed by atoms with E-state index in [1.807, 2.05) is 0 Å². The van der Waals surface area contributed by atoms with Crippen molar-refractivity contribution in [1.29, 1.82) is 0 Å². The van der Waals surface area contributed by atoms with E-state index in [-0.39, 0.29) is 0 Å². The van der Waals surface area contributed by atoms with E-state index in [9.17, 15) is 0 Å². The minimum Gasteiger partial charge on any atom is -0.397 e. The molecule has 0 amide bonds. The minimum atomic E-state index is 0.544. The first-order chi connectivity index (χ1) is 4.22. The molecular weight excluding hydrogens is 154 g/mol. The molecule has 0 aliphatic carbocycles. The first-order valence-electron chi connectivity index (χ1n) is 2.45. The third kappa shape index (κ3) is 1.32. The Balaban J connectivity index is 3.25. The number of rotatable bonds is 0. The number of benzene rings is 1. The van der Waals surface area contributed by atoms with Gasteiger partial charge in [0, 0.05) is 4.90 Å². The molecule has 3 heteroatoms. The van der Waals surface area contributed by atoms with Crippen molar-refractivity contribution >= 4 is 29.9 Å². The number of nitrogens with two attached hydrogens (primary N) is 1. The van der Waals surface area contributed by atoms with Crippen LogP contribution in [0, 0.1) is 0 Å². The molecule has 0 aliphatic heterocycles. The summed E-state index contributed by atoms with van der Waals surface area (Å²) < 4.78 is 0. The fourth-order valence-corrected chi connectivity index (χ4v) is 0.973. The molecule has 0 saturated heterocycles. The van der Waals surface area contributed by atoms with E-state index in [4.69, 9.17) is 17.3 Å². The van der Waals surface area contributed by atoms with Gasteiger partial charge in [0.2, 0.25) is 0 Å². The normalized spacial score (nSPS) is 9.56. The van der Waals surface area contributed by atoms with Crippen LogP contribution in [0.1, 0.15) is 0 Å². The van der Waals surface area contributed by atoms with Crippen LogP contribution >= 0.6 is 24.2 Å². The third-order valence-electron chi connectivity index (χ3n) is 1.03. The zero-order chi connectivity index (χ0) is 6.85. The van der Waals surface area contributed by atoms with Crippen LogP contribution in [0.3, 0.4) is 0 Å². The predicted octanol–water partition coefficient (Wildman–Crippen LogP) is 2.21. The highest BCUT2D eigenvalue weighted by atomic mass is 35.5. The summed E-state index contributed by atoms with van der Waals surface area (Å²) in [6.45, 7) is 0. The summed E-state index contributed by atoms with van der Waals surface area (Å²) in [5.41, 5.74) is 6.02. The molecule has 48 valence electrons. The first kappa shape index (κ1) is 6.78.